The zero-order valence-electron chi connectivity index (χ0n) is 17.0. The minimum absolute atomic E-state index is 0.0376. The first-order valence-corrected chi connectivity index (χ1v) is 10.3. The Balaban J connectivity index is 1.41. The molecule has 0 aromatic heterocycles. The fourth-order valence-corrected chi connectivity index (χ4v) is 5.15. The van der Waals surface area contributed by atoms with Crippen molar-refractivity contribution in [1.29, 1.82) is 0 Å². The van der Waals surface area contributed by atoms with Crippen LogP contribution in [0, 0.1) is 11.8 Å². The molecule has 8 heteroatoms. The summed E-state index contributed by atoms with van der Waals surface area (Å²) >= 11 is 0. The molecule has 2 bridgehead atoms. The summed E-state index contributed by atoms with van der Waals surface area (Å²) in [6.07, 6.45) is 4.92. The molecule has 2 saturated heterocycles. The molecule has 1 aromatic rings. The lowest BCUT2D eigenvalue weighted by molar-refractivity contribution is -0.142. The van der Waals surface area contributed by atoms with Crippen LogP contribution in [0.2, 0.25) is 0 Å². The minimum atomic E-state index is -1.08. The van der Waals surface area contributed by atoms with Crippen LogP contribution in [0.3, 0.4) is 0 Å². The Kier molecular flexibility index (Phi) is 4.36. The predicted octanol–water partition coefficient (Wildman–Crippen LogP) is 0.370. The number of hydrogen-bond acceptors (Lipinski definition) is 5. The van der Waals surface area contributed by atoms with Gasteiger partial charge in [-0.1, -0.05) is 24.3 Å². The van der Waals surface area contributed by atoms with Crippen LogP contribution in [-0.4, -0.2) is 60.6 Å². The lowest BCUT2D eigenvalue weighted by Crippen LogP contribution is -2.55. The molecule has 4 aliphatic rings. The maximum atomic E-state index is 13.4. The van der Waals surface area contributed by atoms with Crippen molar-refractivity contribution in [2.45, 2.75) is 43.2 Å². The molecule has 5 rings (SSSR count). The lowest BCUT2D eigenvalue weighted by atomic mass is 9.74. The van der Waals surface area contributed by atoms with Crippen LogP contribution in [-0.2, 0) is 25.7 Å². The van der Waals surface area contributed by atoms with Crippen molar-refractivity contribution in [3.8, 4) is 5.75 Å². The highest BCUT2D eigenvalue weighted by Crippen LogP contribution is 2.56. The molecule has 3 aliphatic heterocycles. The molecule has 1 spiro atoms. The van der Waals surface area contributed by atoms with E-state index in [0.717, 1.165) is 24.2 Å². The third kappa shape index (κ3) is 2.66. The van der Waals surface area contributed by atoms with Crippen LogP contribution in [0.5, 0.6) is 5.75 Å². The fourth-order valence-electron chi connectivity index (χ4n) is 5.15. The van der Waals surface area contributed by atoms with Gasteiger partial charge in [-0.2, -0.15) is 0 Å². The highest BCUT2D eigenvalue weighted by atomic mass is 16.5. The van der Waals surface area contributed by atoms with E-state index in [1.54, 1.807) is 19.1 Å². The number of rotatable bonds is 6. The van der Waals surface area contributed by atoms with Crippen LogP contribution in [0.1, 0.15) is 18.4 Å². The normalized spacial score (nSPS) is 33.5. The number of amides is 3. The Labute approximate surface area is 174 Å². The van der Waals surface area contributed by atoms with Crippen LogP contribution in [0.15, 0.2) is 36.4 Å². The van der Waals surface area contributed by atoms with E-state index in [0.29, 0.717) is 6.54 Å². The number of nitrogens with one attached hydrogen (secondary N) is 2. The number of benzene rings is 1. The number of hydrogen-bond donors (Lipinski definition) is 2. The topological polar surface area (TPSA) is 97.0 Å². The van der Waals surface area contributed by atoms with Crippen LogP contribution in [0.4, 0.5) is 0 Å². The molecule has 5 atom stereocenters. The van der Waals surface area contributed by atoms with E-state index in [4.69, 9.17) is 9.47 Å². The third-order valence-electron chi connectivity index (χ3n) is 6.68. The zero-order valence-corrected chi connectivity index (χ0v) is 17.0. The van der Waals surface area contributed by atoms with E-state index in [9.17, 15) is 14.4 Å². The standard InChI is InChI=1S/C22H25N3O5/c1-23-19(26)16-15-9-10-22(30-15)17(16)21(28)25(13-5-6-13)18(22)20(27)24-11-12-3-7-14(29-2)8-4-12/h3-4,7-10,13,15-18H,5-6,11H2,1-2H3,(H,23,26)(H,24,27)/t15-,16-,17-,18-,22-/m1/s1. The molecule has 1 saturated carbocycles. The molecule has 1 aliphatic carbocycles. The smallest absolute Gasteiger partial charge is 0.246 e. The van der Waals surface area contributed by atoms with Gasteiger partial charge in [-0.25, -0.2) is 0 Å². The Morgan fingerprint density at radius 3 is 2.60 bits per heavy atom. The Morgan fingerprint density at radius 2 is 1.97 bits per heavy atom. The summed E-state index contributed by atoms with van der Waals surface area (Å²) < 4.78 is 11.4. The van der Waals surface area contributed by atoms with Gasteiger partial charge < -0.3 is 25.0 Å². The summed E-state index contributed by atoms with van der Waals surface area (Å²) in [6, 6.07) is 6.72. The van der Waals surface area contributed by atoms with E-state index in [1.165, 1.54) is 0 Å². The van der Waals surface area contributed by atoms with Crippen molar-refractivity contribution in [3.63, 3.8) is 0 Å². The van der Waals surface area contributed by atoms with Gasteiger partial charge in [0.2, 0.25) is 17.7 Å². The van der Waals surface area contributed by atoms with Crippen molar-refractivity contribution in [2.75, 3.05) is 14.2 Å². The summed E-state index contributed by atoms with van der Waals surface area (Å²) in [5.41, 5.74) is -0.151. The summed E-state index contributed by atoms with van der Waals surface area (Å²) in [6.45, 7) is 0.332. The highest BCUT2D eigenvalue weighted by molar-refractivity contribution is 6.00. The molecule has 1 aromatic carbocycles. The van der Waals surface area contributed by atoms with Gasteiger partial charge >= 0.3 is 0 Å². The number of carbonyl (C=O) groups is 3. The average molecular weight is 411 g/mol. The molecule has 3 heterocycles. The monoisotopic (exact) mass is 411 g/mol. The molecule has 158 valence electrons. The quantitative estimate of drug-likeness (QED) is 0.660. The van der Waals surface area contributed by atoms with Gasteiger partial charge in [0, 0.05) is 19.6 Å². The Hall–Kier alpha value is -2.87. The molecule has 0 unspecified atom stereocenters. The van der Waals surface area contributed by atoms with Crippen LogP contribution >= 0.6 is 0 Å². The molecule has 3 amide bonds. The van der Waals surface area contributed by atoms with E-state index in [2.05, 4.69) is 10.6 Å². The van der Waals surface area contributed by atoms with Gasteiger partial charge in [0.05, 0.1) is 25.0 Å². The van der Waals surface area contributed by atoms with Gasteiger partial charge in [-0.05, 0) is 30.5 Å². The van der Waals surface area contributed by atoms with Crippen molar-refractivity contribution in [3.05, 3.63) is 42.0 Å². The van der Waals surface area contributed by atoms with Crippen molar-refractivity contribution in [2.24, 2.45) is 11.8 Å². The number of likely N-dealkylation sites (tertiary alicyclic amines) is 1. The highest BCUT2D eigenvalue weighted by Gasteiger charge is 2.73. The second kappa shape index (κ2) is 6.84. The number of carbonyl (C=O) groups excluding carboxylic acids is 3. The third-order valence-corrected chi connectivity index (χ3v) is 6.68. The SMILES string of the molecule is CNC(=O)[C@@H]1[C@H]2C=C[C@@]3(O2)[C@H]1C(=O)N(C1CC1)[C@@H]3C(=O)NCc1ccc(OC)cc1. The molecular weight excluding hydrogens is 386 g/mol. The van der Waals surface area contributed by atoms with Crippen molar-refractivity contribution >= 4 is 17.7 Å². The van der Waals surface area contributed by atoms with Crippen LogP contribution < -0.4 is 15.4 Å². The van der Waals surface area contributed by atoms with Crippen molar-refractivity contribution < 1.29 is 23.9 Å². The first kappa shape index (κ1) is 19.1. The fraction of sp³-hybridized carbons (Fsp3) is 0.500. The molecule has 2 N–H and O–H groups in total. The van der Waals surface area contributed by atoms with E-state index < -0.39 is 29.6 Å². The van der Waals surface area contributed by atoms with Crippen molar-refractivity contribution in [1.82, 2.24) is 15.5 Å². The lowest BCUT2D eigenvalue weighted by Gasteiger charge is -2.32. The maximum absolute atomic E-state index is 13.4. The predicted molar refractivity (Wildman–Crippen MR) is 106 cm³/mol. The zero-order chi connectivity index (χ0) is 21.0. The Morgan fingerprint density at radius 1 is 1.23 bits per heavy atom. The molecular formula is C22H25N3O5. The van der Waals surface area contributed by atoms with Gasteiger partial charge in [0.15, 0.2) is 0 Å². The summed E-state index contributed by atoms with van der Waals surface area (Å²) in [4.78, 5) is 40.9. The summed E-state index contributed by atoms with van der Waals surface area (Å²) in [5.74, 6) is -1.15. The van der Waals surface area contributed by atoms with E-state index in [-0.39, 0.29) is 23.8 Å². The molecule has 3 fully saturated rings. The first-order chi connectivity index (χ1) is 14.5. The van der Waals surface area contributed by atoms with Gasteiger partial charge in [0.1, 0.15) is 17.4 Å². The number of methoxy groups -OCH3 is 1. The first-order valence-electron chi connectivity index (χ1n) is 10.3. The minimum Gasteiger partial charge on any atom is -0.497 e. The maximum Gasteiger partial charge on any atom is 0.246 e. The second-order valence-corrected chi connectivity index (χ2v) is 8.36. The largest absolute Gasteiger partial charge is 0.497 e. The molecule has 8 nitrogen and oxygen atoms in total. The second-order valence-electron chi connectivity index (χ2n) is 8.36. The van der Waals surface area contributed by atoms with Gasteiger partial charge in [-0.3, -0.25) is 14.4 Å². The number of ether oxygens (including phenoxy) is 2. The Bertz CT molecular complexity index is 925. The van der Waals surface area contributed by atoms with Gasteiger partial charge in [0.25, 0.3) is 0 Å². The average Bonchev–Trinajstić information content (AvgIpc) is 3.36. The van der Waals surface area contributed by atoms with Gasteiger partial charge in [-0.15, -0.1) is 0 Å². The molecule has 30 heavy (non-hydrogen) atoms. The molecule has 0 radical (unpaired) electrons. The van der Waals surface area contributed by atoms with Crippen LogP contribution in [0.25, 0.3) is 0 Å². The number of nitrogens with zero attached hydrogens (tertiary/aromatic N) is 1. The summed E-state index contributed by atoms with van der Waals surface area (Å²) in [5, 5.41) is 5.62. The van der Waals surface area contributed by atoms with E-state index in [1.807, 2.05) is 36.4 Å². The van der Waals surface area contributed by atoms with E-state index >= 15 is 0 Å². The number of fused-ring (bicyclic) bond motifs is 1. The summed E-state index contributed by atoms with van der Waals surface area (Å²) in [7, 11) is 3.16.